The number of hydrogen-bond acceptors (Lipinski definition) is 3. The van der Waals surface area contributed by atoms with Gasteiger partial charge in [-0.15, -0.1) is 0 Å². The molecule has 0 aliphatic heterocycles. The van der Waals surface area contributed by atoms with Gasteiger partial charge in [0.05, 0.1) is 16.1 Å². The number of hydrogen-bond donors (Lipinski definition) is 1. The monoisotopic (exact) mass is 337 g/mol. The van der Waals surface area contributed by atoms with E-state index >= 15 is 0 Å². The number of nitrogens with zero attached hydrogens (tertiary/aromatic N) is 2. The SMILES string of the molecule is O=C(Nc1ccc(C2CCC2)cn1)c1c(Cl)ccc2cccnc12. The molecule has 1 aliphatic rings. The van der Waals surface area contributed by atoms with Crippen molar-refractivity contribution in [2.45, 2.75) is 25.2 Å². The molecule has 0 unspecified atom stereocenters. The van der Waals surface area contributed by atoms with E-state index in [0.29, 0.717) is 27.8 Å². The summed E-state index contributed by atoms with van der Waals surface area (Å²) in [7, 11) is 0. The summed E-state index contributed by atoms with van der Waals surface area (Å²) < 4.78 is 0. The smallest absolute Gasteiger partial charge is 0.260 e. The zero-order chi connectivity index (χ0) is 16.5. The quantitative estimate of drug-likeness (QED) is 0.746. The van der Waals surface area contributed by atoms with Gasteiger partial charge >= 0.3 is 0 Å². The van der Waals surface area contributed by atoms with Crippen molar-refractivity contribution in [3.05, 3.63) is 64.9 Å². The third kappa shape index (κ3) is 2.74. The van der Waals surface area contributed by atoms with Crippen LogP contribution in [0.25, 0.3) is 10.9 Å². The van der Waals surface area contributed by atoms with Crippen LogP contribution < -0.4 is 5.32 Å². The summed E-state index contributed by atoms with van der Waals surface area (Å²) in [6.45, 7) is 0. The Labute approximate surface area is 144 Å². The summed E-state index contributed by atoms with van der Waals surface area (Å²) in [6.07, 6.45) is 7.24. The number of aromatic nitrogens is 2. The van der Waals surface area contributed by atoms with E-state index < -0.39 is 0 Å². The van der Waals surface area contributed by atoms with Gasteiger partial charge in [-0.2, -0.15) is 0 Å². The van der Waals surface area contributed by atoms with Crippen LogP contribution in [-0.2, 0) is 0 Å². The van der Waals surface area contributed by atoms with Gasteiger partial charge in [0.25, 0.3) is 5.91 Å². The molecule has 0 radical (unpaired) electrons. The number of fused-ring (bicyclic) bond motifs is 1. The zero-order valence-corrected chi connectivity index (χ0v) is 13.8. The van der Waals surface area contributed by atoms with E-state index in [1.807, 2.05) is 36.5 Å². The number of halogens is 1. The fraction of sp³-hybridized carbons (Fsp3) is 0.211. The number of nitrogens with one attached hydrogen (secondary N) is 1. The lowest BCUT2D eigenvalue weighted by atomic mass is 9.81. The molecule has 1 aromatic carbocycles. The number of benzene rings is 1. The Morgan fingerprint density at radius 1 is 1.12 bits per heavy atom. The number of carbonyl (C=O) groups excluding carboxylic acids is 1. The van der Waals surface area contributed by atoms with Gasteiger partial charge in [-0.05, 0) is 42.5 Å². The van der Waals surface area contributed by atoms with Crippen molar-refractivity contribution in [2.24, 2.45) is 0 Å². The molecule has 4 nitrogen and oxygen atoms in total. The summed E-state index contributed by atoms with van der Waals surface area (Å²) in [5.74, 6) is 0.847. The number of anilines is 1. The summed E-state index contributed by atoms with van der Waals surface area (Å²) in [5, 5.41) is 4.07. The van der Waals surface area contributed by atoms with Crippen molar-refractivity contribution in [1.29, 1.82) is 0 Å². The number of pyridine rings is 2. The molecule has 4 rings (SSSR count). The van der Waals surface area contributed by atoms with Crippen LogP contribution in [0.2, 0.25) is 5.02 Å². The first-order valence-electron chi connectivity index (χ1n) is 8.03. The number of carbonyl (C=O) groups is 1. The molecule has 1 amide bonds. The zero-order valence-electron chi connectivity index (χ0n) is 13.0. The fourth-order valence-corrected chi connectivity index (χ4v) is 3.22. The van der Waals surface area contributed by atoms with E-state index in [9.17, 15) is 4.79 Å². The van der Waals surface area contributed by atoms with E-state index in [1.165, 1.54) is 24.8 Å². The van der Waals surface area contributed by atoms with E-state index in [2.05, 4.69) is 15.3 Å². The third-order valence-corrected chi connectivity index (χ3v) is 4.87. The Balaban J connectivity index is 1.61. The second-order valence-electron chi connectivity index (χ2n) is 6.06. The Bertz CT molecular complexity index is 904. The van der Waals surface area contributed by atoms with Gasteiger partial charge in [0, 0.05) is 17.8 Å². The third-order valence-electron chi connectivity index (χ3n) is 4.56. The average Bonchev–Trinajstić information content (AvgIpc) is 2.55. The molecule has 0 saturated heterocycles. The second-order valence-corrected chi connectivity index (χ2v) is 6.46. The van der Waals surface area contributed by atoms with Crippen LogP contribution in [0.3, 0.4) is 0 Å². The highest BCUT2D eigenvalue weighted by Gasteiger charge is 2.20. The average molecular weight is 338 g/mol. The topological polar surface area (TPSA) is 54.9 Å². The maximum absolute atomic E-state index is 12.7. The van der Waals surface area contributed by atoms with Crippen molar-refractivity contribution in [3.63, 3.8) is 0 Å². The van der Waals surface area contributed by atoms with Gasteiger partial charge < -0.3 is 5.32 Å². The van der Waals surface area contributed by atoms with Crippen molar-refractivity contribution in [3.8, 4) is 0 Å². The predicted molar refractivity (Wildman–Crippen MR) is 95.5 cm³/mol. The highest BCUT2D eigenvalue weighted by Crippen LogP contribution is 2.36. The summed E-state index contributed by atoms with van der Waals surface area (Å²) >= 11 is 6.24. The lowest BCUT2D eigenvalue weighted by Gasteiger charge is -2.25. The highest BCUT2D eigenvalue weighted by atomic mass is 35.5. The van der Waals surface area contributed by atoms with Crippen LogP contribution >= 0.6 is 11.6 Å². The van der Waals surface area contributed by atoms with E-state index in [1.54, 1.807) is 12.3 Å². The molecule has 1 N–H and O–H groups in total. The minimum Gasteiger partial charge on any atom is -0.306 e. The highest BCUT2D eigenvalue weighted by molar-refractivity contribution is 6.36. The van der Waals surface area contributed by atoms with Gasteiger partial charge in [-0.1, -0.05) is 36.2 Å². The van der Waals surface area contributed by atoms with Crippen LogP contribution in [-0.4, -0.2) is 15.9 Å². The Morgan fingerprint density at radius 3 is 2.71 bits per heavy atom. The largest absolute Gasteiger partial charge is 0.306 e. The van der Waals surface area contributed by atoms with Gasteiger partial charge in [0.15, 0.2) is 0 Å². The molecule has 5 heteroatoms. The van der Waals surface area contributed by atoms with Crippen molar-refractivity contribution >= 4 is 34.2 Å². The first kappa shape index (κ1) is 15.1. The summed E-state index contributed by atoms with van der Waals surface area (Å²) in [6, 6.07) is 11.2. The van der Waals surface area contributed by atoms with Gasteiger partial charge in [-0.3, -0.25) is 9.78 Å². The van der Waals surface area contributed by atoms with E-state index in [0.717, 1.165) is 5.39 Å². The second kappa shape index (κ2) is 6.21. The van der Waals surface area contributed by atoms with Crippen molar-refractivity contribution < 1.29 is 4.79 Å². The summed E-state index contributed by atoms with van der Waals surface area (Å²) in [4.78, 5) is 21.3. The Kier molecular flexibility index (Phi) is 3.90. The molecule has 2 aromatic heterocycles. The van der Waals surface area contributed by atoms with Gasteiger partial charge in [0.2, 0.25) is 0 Å². The van der Waals surface area contributed by atoms with Gasteiger partial charge in [-0.25, -0.2) is 4.98 Å². The Hall–Kier alpha value is -2.46. The van der Waals surface area contributed by atoms with E-state index in [-0.39, 0.29) is 5.91 Å². The van der Waals surface area contributed by atoms with Crippen molar-refractivity contribution in [2.75, 3.05) is 5.32 Å². The minimum absolute atomic E-state index is 0.298. The molecule has 0 bridgehead atoms. The molecular weight excluding hydrogens is 322 g/mol. The summed E-state index contributed by atoms with van der Waals surface area (Å²) in [5.41, 5.74) is 2.21. The van der Waals surface area contributed by atoms with Crippen LogP contribution in [0.1, 0.15) is 41.1 Å². The standard InChI is InChI=1S/C19H16ClN3O/c20-15-8-6-13-5-2-10-21-18(13)17(15)19(24)23-16-9-7-14(11-22-16)12-3-1-4-12/h2,5-12H,1,3-4H2,(H,22,23,24). The minimum atomic E-state index is -0.298. The molecule has 2 heterocycles. The van der Waals surface area contributed by atoms with Crippen LogP contribution in [0.5, 0.6) is 0 Å². The molecule has 3 aromatic rings. The van der Waals surface area contributed by atoms with Crippen molar-refractivity contribution in [1.82, 2.24) is 9.97 Å². The maximum atomic E-state index is 12.7. The molecule has 0 atom stereocenters. The predicted octanol–water partition coefficient (Wildman–Crippen LogP) is 4.80. The Morgan fingerprint density at radius 2 is 2.00 bits per heavy atom. The molecule has 1 saturated carbocycles. The number of rotatable bonds is 3. The molecular formula is C19H16ClN3O. The normalized spacial score (nSPS) is 14.4. The molecule has 120 valence electrons. The number of amides is 1. The van der Waals surface area contributed by atoms with Crippen LogP contribution in [0.15, 0.2) is 48.8 Å². The lowest BCUT2D eigenvalue weighted by molar-refractivity contribution is 0.102. The molecule has 0 spiro atoms. The molecule has 1 aliphatic carbocycles. The van der Waals surface area contributed by atoms with Crippen LogP contribution in [0, 0.1) is 0 Å². The maximum Gasteiger partial charge on any atom is 0.260 e. The first-order chi connectivity index (χ1) is 11.7. The van der Waals surface area contributed by atoms with E-state index in [4.69, 9.17) is 11.6 Å². The van der Waals surface area contributed by atoms with Crippen LogP contribution in [0.4, 0.5) is 5.82 Å². The fourth-order valence-electron chi connectivity index (χ4n) is 2.98. The lowest BCUT2D eigenvalue weighted by Crippen LogP contribution is -2.15. The first-order valence-corrected chi connectivity index (χ1v) is 8.41. The van der Waals surface area contributed by atoms with Gasteiger partial charge in [0.1, 0.15) is 5.82 Å². The molecule has 24 heavy (non-hydrogen) atoms. The molecule has 1 fully saturated rings.